The number of nitrogens with zero attached hydrogens (tertiary/aromatic N) is 2. The lowest BCUT2D eigenvalue weighted by Gasteiger charge is -2.19. The highest BCUT2D eigenvalue weighted by atomic mass is 16.2. The second-order valence-electron chi connectivity index (χ2n) is 5.61. The first-order valence-corrected chi connectivity index (χ1v) is 6.30. The monoisotopic (exact) mass is 266 g/mol. The lowest BCUT2D eigenvalue weighted by atomic mass is 10.1. The van der Waals surface area contributed by atoms with Crippen LogP contribution in [0.2, 0.25) is 0 Å². The lowest BCUT2D eigenvalue weighted by molar-refractivity contribution is -0.140. The van der Waals surface area contributed by atoms with Crippen LogP contribution in [0.5, 0.6) is 0 Å². The standard InChI is InChI=1S/C13H22N4O2/c1-9-8-10(2)17(16-9)7-6-14-11(18)12(19)15-13(3,4)5/h8H,6-7H2,1-5H3,(H,14,18)(H,15,19). The van der Waals surface area contributed by atoms with Crippen LogP contribution in [-0.4, -0.2) is 33.7 Å². The van der Waals surface area contributed by atoms with Crippen LogP contribution < -0.4 is 10.6 Å². The largest absolute Gasteiger partial charge is 0.346 e. The number of carbonyl (C=O) groups is 2. The number of nitrogens with one attached hydrogen (secondary N) is 2. The Kier molecular flexibility index (Phi) is 4.69. The molecule has 0 saturated carbocycles. The molecule has 6 heteroatoms. The average molecular weight is 266 g/mol. The van der Waals surface area contributed by atoms with E-state index in [1.807, 2.05) is 40.7 Å². The number of amides is 2. The molecule has 0 aromatic carbocycles. The molecular formula is C13H22N4O2. The van der Waals surface area contributed by atoms with E-state index in [4.69, 9.17) is 0 Å². The maximum Gasteiger partial charge on any atom is 0.309 e. The van der Waals surface area contributed by atoms with E-state index in [9.17, 15) is 9.59 Å². The first-order chi connectivity index (χ1) is 8.69. The van der Waals surface area contributed by atoms with E-state index in [1.54, 1.807) is 4.68 Å². The smallest absolute Gasteiger partial charge is 0.309 e. The Morgan fingerprint density at radius 1 is 1.26 bits per heavy atom. The lowest BCUT2D eigenvalue weighted by Crippen LogP contribution is -2.48. The first kappa shape index (κ1) is 15.2. The SMILES string of the molecule is Cc1cc(C)n(CCNC(=O)C(=O)NC(C)(C)C)n1. The predicted molar refractivity (Wildman–Crippen MR) is 72.6 cm³/mol. The first-order valence-electron chi connectivity index (χ1n) is 6.30. The molecule has 0 spiro atoms. The summed E-state index contributed by atoms with van der Waals surface area (Å²) < 4.78 is 1.80. The van der Waals surface area contributed by atoms with Crippen molar-refractivity contribution in [1.82, 2.24) is 20.4 Å². The maximum absolute atomic E-state index is 11.5. The van der Waals surface area contributed by atoms with Crippen molar-refractivity contribution in [2.75, 3.05) is 6.54 Å². The Hall–Kier alpha value is -1.85. The van der Waals surface area contributed by atoms with Gasteiger partial charge >= 0.3 is 11.8 Å². The Labute approximate surface area is 113 Å². The van der Waals surface area contributed by atoms with E-state index in [0.717, 1.165) is 11.4 Å². The third-order valence-corrected chi connectivity index (χ3v) is 2.41. The third-order valence-electron chi connectivity index (χ3n) is 2.41. The van der Waals surface area contributed by atoms with Crippen LogP contribution in [0.15, 0.2) is 6.07 Å². The summed E-state index contributed by atoms with van der Waals surface area (Å²) >= 11 is 0. The molecule has 19 heavy (non-hydrogen) atoms. The minimum Gasteiger partial charge on any atom is -0.346 e. The number of hydrogen-bond acceptors (Lipinski definition) is 3. The molecule has 2 amide bonds. The van der Waals surface area contributed by atoms with Crippen molar-refractivity contribution in [3.63, 3.8) is 0 Å². The van der Waals surface area contributed by atoms with E-state index in [-0.39, 0.29) is 0 Å². The fraction of sp³-hybridized carbons (Fsp3) is 0.615. The van der Waals surface area contributed by atoms with Gasteiger partial charge < -0.3 is 10.6 Å². The second kappa shape index (κ2) is 5.86. The molecule has 0 fully saturated rings. The highest BCUT2D eigenvalue weighted by Gasteiger charge is 2.19. The molecule has 106 valence electrons. The minimum absolute atomic E-state index is 0.373. The Morgan fingerprint density at radius 2 is 1.89 bits per heavy atom. The van der Waals surface area contributed by atoms with Crippen LogP contribution in [0.3, 0.4) is 0 Å². The van der Waals surface area contributed by atoms with Crippen molar-refractivity contribution in [1.29, 1.82) is 0 Å². The van der Waals surface area contributed by atoms with Gasteiger partial charge in [-0.25, -0.2) is 0 Å². The molecule has 0 atom stereocenters. The number of hydrogen-bond donors (Lipinski definition) is 2. The van der Waals surface area contributed by atoms with Crippen molar-refractivity contribution < 1.29 is 9.59 Å². The van der Waals surface area contributed by atoms with Gasteiger partial charge in [0.2, 0.25) is 0 Å². The van der Waals surface area contributed by atoms with Gasteiger partial charge in [-0.05, 0) is 40.7 Å². The molecule has 1 aromatic heterocycles. The van der Waals surface area contributed by atoms with Gasteiger partial charge in [0.25, 0.3) is 0 Å². The van der Waals surface area contributed by atoms with Crippen LogP contribution in [0.4, 0.5) is 0 Å². The zero-order chi connectivity index (χ0) is 14.6. The molecule has 0 aliphatic heterocycles. The van der Waals surface area contributed by atoms with E-state index in [0.29, 0.717) is 13.1 Å². The van der Waals surface area contributed by atoms with Gasteiger partial charge in [0.1, 0.15) is 0 Å². The molecule has 0 aliphatic rings. The van der Waals surface area contributed by atoms with Gasteiger partial charge in [-0.15, -0.1) is 0 Å². The number of rotatable bonds is 3. The van der Waals surface area contributed by atoms with Crippen molar-refractivity contribution >= 4 is 11.8 Å². The molecule has 6 nitrogen and oxygen atoms in total. The van der Waals surface area contributed by atoms with Gasteiger partial charge in [0.15, 0.2) is 0 Å². The normalized spacial score (nSPS) is 11.2. The minimum atomic E-state index is -0.614. The van der Waals surface area contributed by atoms with Crippen LogP contribution in [-0.2, 0) is 16.1 Å². The Bertz CT molecular complexity index is 471. The van der Waals surface area contributed by atoms with E-state index in [1.165, 1.54) is 0 Å². The second-order valence-corrected chi connectivity index (χ2v) is 5.61. The molecule has 0 bridgehead atoms. The van der Waals surface area contributed by atoms with E-state index in [2.05, 4.69) is 15.7 Å². The number of aryl methyl sites for hydroxylation is 2. The fourth-order valence-corrected chi connectivity index (χ4v) is 1.65. The molecule has 0 radical (unpaired) electrons. The third kappa shape index (κ3) is 5.11. The molecule has 1 rings (SSSR count). The summed E-state index contributed by atoms with van der Waals surface area (Å²) in [4.78, 5) is 23.1. The van der Waals surface area contributed by atoms with E-state index >= 15 is 0 Å². The van der Waals surface area contributed by atoms with Crippen LogP contribution in [0.1, 0.15) is 32.2 Å². The summed E-state index contributed by atoms with van der Waals surface area (Å²) in [5.41, 5.74) is 1.56. The van der Waals surface area contributed by atoms with Crippen molar-refractivity contribution in [2.45, 2.75) is 46.7 Å². The molecular weight excluding hydrogens is 244 g/mol. The highest BCUT2D eigenvalue weighted by Crippen LogP contribution is 2.00. The van der Waals surface area contributed by atoms with Gasteiger partial charge in [-0.2, -0.15) is 5.10 Å². The van der Waals surface area contributed by atoms with Gasteiger partial charge in [0.05, 0.1) is 12.2 Å². The highest BCUT2D eigenvalue weighted by molar-refractivity contribution is 6.35. The zero-order valence-corrected chi connectivity index (χ0v) is 12.2. The summed E-state index contributed by atoms with van der Waals surface area (Å²) in [6, 6.07) is 1.97. The summed E-state index contributed by atoms with van der Waals surface area (Å²) in [6.07, 6.45) is 0. The van der Waals surface area contributed by atoms with Crippen LogP contribution >= 0.6 is 0 Å². The molecule has 1 heterocycles. The molecule has 0 aliphatic carbocycles. The van der Waals surface area contributed by atoms with Crippen molar-refractivity contribution in [2.24, 2.45) is 0 Å². The molecule has 0 saturated heterocycles. The van der Waals surface area contributed by atoms with Crippen LogP contribution in [0.25, 0.3) is 0 Å². The quantitative estimate of drug-likeness (QED) is 0.784. The fourth-order valence-electron chi connectivity index (χ4n) is 1.65. The summed E-state index contributed by atoms with van der Waals surface area (Å²) in [7, 11) is 0. The summed E-state index contributed by atoms with van der Waals surface area (Å²) in [5.74, 6) is -1.22. The van der Waals surface area contributed by atoms with Crippen molar-refractivity contribution in [3.05, 3.63) is 17.5 Å². The molecule has 0 unspecified atom stereocenters. The van der Waals surface area contributed by atoms with Gasteiger partial charge in [0, 0.05) is 17.8 Å². The average Bonchev–Trinajstić information content (AvgIpc) is 2.55. The zero-order valence-electron chi connectivity index (χ0n) is 12.2. The Balaban J connectivity index is 2.39. The molecule has 1 aromatic rings. The Morgan fingerprint density at radius 3 is 2.37 bits per heavy atom. The summed E-state index contributed by atoms with van der Waals surface area (Å²) in [5, 5.41) is 9.46. The van der Waals surface area contributed by atoms with Crippen LogP contribution in [0, 0.1) is 13.8 Å². The van der Waals surface area contributed by atoms with Gasteiger partial charge in [-0.3, -0.25) is 14.3 Å². The summed E-state index contributed by atoms with van der Waals surface area (Å²) in [6.45, 7) is 10.3. The number of carbonyl (C=O) groups excluding carboxylic acids is 2. The van der Waals surface area contributed by atoms with Gasteiger partial charge in [-0.1, -0.05) is 0 Å². The molecule has 2 N–H and O–H groups in total. The topological polar surface area (TPSA) is 76.0 Å². The van der Waals surface area contributed by atoms with Crippen molar-refractivity contribution in [3.8, 4) is 0 Å². The number of aromatic nitrogens is 2. The van der Waals surface area contributed by atoms with E-state index < -0.39 is 17.4 Å². The predicted octanol–water partition coefficient (Wildman–Crippen LogP) is 0.531. The maximum atomic E-state index is 11.5.